The van der Waals surface area contributed by atoms with Gasteiger partial charge in [0.15, 0.2) is 5.58 Å². The van der Waals surface area contributed by atoms with Crippen molar-refractivity contribution in [2.75, 3.05) is 4.90 Å². The zero-order valence-electron chi connectivity index (χ0n) is 33.9. The van der Waals surface area contributed by atoms with E-state index in [0.717, 1.165) is 72.3 Å². The molecule has 0 fully saturated rings. The molecule has 3 nitrogen and oxygen atoms in total. The van der Waals surface area contributed by atoms with Crippen LogP contribution in [0.15, 0.2) is 211 Å². The number of hydrogen-bond acceptors (Lipinski definition) is 3. The van der Waals surface area contributed by atoms with Gasteiger partial charge in [0.25, 0.3) is 0 Å². The molecular formula is C58H40N2O. The number of rotatable bonds is 6. The Morgan fingerprint density at radius 2 is 1.08 bits per heavy atom. The van der Waals surface area contributed by atoms with Gasteiger partial charge in [-0.2, -0.15) is 0 Å². The molecule has 0 unspecified atom stereocenters. The summed E-state index contributed by atoms with van der Waals surface area (Å²) in [6.07, 6.45) is 0. The normalized spacial score (nSPS) is 12.9. The van der Waals surface area contributed by atoms with Crippen LogP contribution in [0.25, 0.3) is 88.3 Å². The average Bonchev–Trinajstić information content (AvgIpc) is 3.81. The maximum absolute atomic E-state index is 6.62. The van der Waals surface area contributed by atoms with Crippen molar-refractivity contribution in [1.82, 2.24) is 4.98 Å². The topological polar surface area (TPSA) is 29.3 Å². The summed E-state index contributed by atoms with van der Waals surface area (Å²) in [4.78, 5) is 7.64. The third-order valence-electron chi connectivity index (χ3n) is 12.9. The van der Waals surface area contributed by atoms with E-state index >= 15 is 0 Å². The van der Waals surface area contributed by atoms with E-state index in [1.807, 2.05) is 12.1 Å². The first-order valence-corrected chi connectivity index (χ1v) is 21.0. The van der Waals surface area contributed by atoms with Gasteiger partial charge in [-0.05, 0) is 104 Å². The molecule has 0 saturated heterocycles. The van der Waals surface area contributed by atoms with E-state index in [1.165, 1.54) is 44.2 Å². The number of anilines is 3. The number of fused-ring (bicyclic) bond motifs is 8. The minimum absolute atomic E-state index is 0.0470. The molecule has 3 heteroatoms. The van der Waals surface area contributed by atoms with Crippen LogP contribution in [0.5, 0.6) is 0 Å². The second-order valence-corrected chi connectivity index (χ2v) is 16.8. The first kappa shape index (κ1) is 35.2. The van der Waals surface area contributed by atoms with Crippen LogP contribution in [0.3, 0.4) is 0 Å². The highest BCUT2D eigenvalue weighted by Crippen LogP contribution is 2.50. The SMILES string of the molecule is CC1(C)c2ccccc2-c2ccc(-c3ccc(-c4nc5ccccc5cc4-c4ccc(N(c5ccc6ccccc6c5)c5cccc6c5oc5ccccc56)cc4)cc3)cc21. The monoisotopic (exact) mass is 780 g/mol. The number of hydrogen-bond donors (Lipinski definition) is 0. The van der Waals surface area contributed by atoms with E-state index in [2.05, 4.69) is 213 Å². The Balaban J connectivity index is 0.953. The molecule has 11 aromatic rings. The third kappa shape index (κ3) is 5.69. The van der Waals surface area contributed by atoms with E-state index in [4.69, 9.17) is 9.40 Å². The highest BCUT2D eigenvalue weighted by Gasteiger charge is 2.35. The van der Waals surface area contributed by atoms with E-state index in [0.29, 0.717) is 0 Å². The van der Waals surface area contributed by atoms with Crippen LogP contribution in [0.1, 0.15) is 25.0 Å². The molecule has 2 heterocycles. The molecule has 1 aliphatic carbocycles. The average molecular weight is 781 g/mol. The molecule has 0 radical (unpaired) electrons. The standard InChI is InChI=1S/C58H40N2O/c1-58(2)51-18-8-6-15-46(51)47-33-29-42(36-52(47)58)38-22-24-40(25-23-38)56-50(35-43-14-5-9-19-53(43)59-56)39-27-30-44(31-28-39)60(45-32-26-37-12-3-4-13-41(37)34-45)54-20-11-17-49-48-16-7-10-21-55(48)61-57(49)54/h3-36H,1-2H3. The molecule has 0 spiro atoms. The van der Waals surface area contributed by atoms with Crippen LogP contribution in [-0.4, -0.2) is 4.98 Å². The summed E-state index contributed by atoms with van der Waals surface area (Å²) in [5, 5.41) is 5.70. The molecule has 288 valence electrons. The summed E-state index contributed by atoms with van der Waals surface area (Å²) in [6, 6.07) is 74.2. The van der Waals surface area contributed by atoms with E-state index in [9.17, 15) is 0 Å². The van der Waals surface area contributed by atoms with Crippen LogP contribution < -0.4 is 4.90 Å². The predicted octanol–water partition coefficient (Wildman–Crippen LogP) is 16.1. The number of pyridine rings is 1. The van der Waals surface area contributed by atoms with Gasteiger partial charge in [-0.25, -0.2) is 4.98 Å². The highest BCUT2D eigenvalue weighted by molar-refractivity contribution is 6.10. The molecule has 0 bridgehead atoms. The van der Waals surface area contributed by atoms with Crippen LogP contribution in [-0.2, 0) is 5.41 Å². The van der Waals surface area contributed by atoms with Crippen molar-refractivity contribution in [1.29, 1.82) is 0 Å². The van der Waals surface area contributed by atoms with Crippen molar-refractivity contribution in [3.63, 3.8) is 0 Å². The van der Waals surface area contributed by atoms with Gasteiger partial charge in [-0.15, -0.1) is 0 Å². The molecule has 0 amide bonds. The molecular weight excluding hydrogens is 741 g/mol. The zero-order valence-corrected chi connectivity index (χ0v) is 33.9. The summed E-state index contributed by atoms with van der Waals surface area (Å²) in [7, 11) is 0. The minimum Gasteiger partial charge on any atom is -0.454 e. The Morgan fingerprint density at radius 1 is 0.426 bits per heavy atom. The van der Waals surface area contributed by atoms with Gasteiger partial charge in [-0.3, -0.25) is 0 Å². The highest BCUT2D eigenvalue weighted by atomic mass is 16.3. The number of aromatic nitrogens is 1. The van der Waals surface area contributed by atoms with E-state index in [1.54, 1.807) is 0 Å². The number of nitrogens with zero attached hydrogens (tertiary/aromatic N) is 2. The van der Waals surface area contributed by atoms with Crippen molar-refractivity contribution < 1.29 is 4.42 Å². The fourth-order valence-corrected chi connectivity index (χ4v) is 9.70. The van der Waals surface area contributed by atoms with E-state index < -0.39 is 0 Å². The van der Waals surface area contributed by atoms with Gasteiger partial charge in [-0.1, -0.05) is 166 Å². The second kappa shape index (κ2) is 13.7. The van der Waals surface area contributed by atoms with Crippen molar-refractivity contribution in [3.05, 3.63) is 217 Å². The fraction of sp³-hybridized carbons (Fsp3) is 0.0517. The lowest BCUT2D eigenvalue weighted by Crippen LogP contribution is -2.14. The van der Waals surface area contributed by atoms with Crippen molar-refractivity contribution >= 4 is 60.7 Å². The van der Waals surface area contributed by atoms with Gasteiger partial charge >= 0.3 is 0 Å². The van der Waals surface area contributed by atoms with E-state index in [-0.39, 0.29) is 5.41 Å². The fourth-order valence-electron chi connectivity index (χ4n) is 9.70. The van der Waals surface area contributed by atoms with Gasteiger partial charge < -0.3 is 9.32 Å². The predicted molar refractivity (Wildman–Crippen MR) is 255 cm³/mol. The quantitative estimate of drug-likeness (QED) is 0.168. The molecule has 0 saturated carbocycles. The maximum atomic E-state index is 6.62. The van der Waals surface area contributed by atoms with Crippen LogP contribution in [0, 0.1) is 0 Å². The third-order valence-corrected chi connectivity index (χ3v) is 12.9. The molecule has 0 atom stereocenters. The Kier molecular flexibility index (Phi) is 7.88. The lowest BCUT2D eigenvalue weighted by molar-refractivity contribution is 0.660. The van der Waals surface area contributed by atoms with Gasteiger partial charge in [0.05, 0.1) is 16.9 Å². The number of para-hydroxylation sites is 3. The zero-order chi connectivity index (χ0) is 40.7. The Morgan fingerprint density at radius 3 is 1.95 bits per heavy atom. The summed E-state index contributed by atoms with van der Waals surface area (Å²) in [6.45, 7) is 4.68. The molecule has 0 N–H and O–H groups in total. The second-order valence-electron chi connectivity index (χ2n) is 16.8. The van der Waals surface area contributed by atoms with Crippen LogP contribution in [0.4, 0.5) is 17.1 Å². The lowest BCUT2D eigenvalue weighted by atomic mass is 9.81. The van der Waals surface area contributed by atoms with Crippen molar-refractivity contribution in [2.24, 2.45) is 0 Å². The smallest absolute Gasteiger partial charge is 0.159 e. The molecule has 1 aliphatic rings. The molecule has 12 rings (SSSR count). The van der Waals surface area contributed by atoms with Crippen LogP contribution in [0.2, 0.25) is 0 Å². The summed E-state index contributed by atoms with van der Waals surface area (Å²) < 4.78 is 6.62. The lowest BCUT2D eigenvalue weighted by Gasteiger charge is -2.26. The van der Waals surface area contributed by atoms with Crippen molar-refractivity contribution in [3.8, 4) is 44.6 Å². The largest absolute Gasteiger partial charge is 0.454 e. The summed E-state index contributed by atoms with van der Waals surface area (Å²) >= 11 is 0. The van der Waals surface area contributed by atoms with Crippen molar-refractivity contribution in [2.45, 2.75) is 19.3 Å². The Hall–Kier alpha value is -7.75. The molecule has 0 aliphatic heterocycles. The molecule has 2 aromatic heterocycles. The van der Waals surface area contributed by atoms with Gasteiger partial charge in [0.1, 0.15) is 5.58 Å². The molecule has 61 heavy (non-hydrogen) atoms. The van der Waals surface area contributed by atoms with Gasteiger partial charge in [0.2, 0.25) is 0 Å². The first-order valence-electron chi connectivity index (χ1n) is 21.0. The number of benzene rings is 9. The number of furan rings is 1. The minimum atomic E-state index is -0.0470. The first-order chi connectivity index (χ1) is 30.0. The Labute approximate surface area is 354 Å². The summed E-state index contributed by atoms with van der Waals surface area (Å²) in [5.41, 5.74) is 17.9. The Bertz CT molecular complexity index is 3500. The van der Waals surface area contributed by atoms with Gasteiger partial charge in [0, 0.05) is 44.1 Å². The maximum Gasteiger partial charge on any atom is 0.159 e. The molecule has 9 aromatic carbocycles. The summed E-state index contributed by atoms with van der Waals surface area (Å²) in [5.74, 6) is 0. The van der Waals surface area contributed by atoms with Crippen LogP contribution >= 0.6 is 0 Å².